The van der Waals surface area contributed by atoms with Crippen molar-refractivity contribution in [3.63, 3.8) is 0 Å². The second-order valence-corrected chi connectivity index (χ2v) is 6.49. The smallest absolute Gasteiger partial charge is 0.333 e. The highest BCUT2D eigenvalue weighted by Gasteiger charge is 2.17. The minimum atomic E-state index is -0.963. The van der Waals surface area contributed by atoms with Gasteiger partial charge in [0, 0.05) is 25.5 Å². The molecule has 30 heavy (non-hydrogen) atoms. The van der Waals surface area contributed by atoms with Crippen molar-refractivity contribution in [2.24, 2.45) is 0 Å². The van der Waals surface area contributed by atoms with Gasteiger partial charge in [-0.3, -0.25) is 0 Å². The predicted molar refractivity (Wildman–Crippen MR) is 109 cm³/mol. The zero-order valence-electron chi connectivity index (χ0n) is 16.9. The average molecular weight is 412 g/mol. The zero-order chi connectivity index (χ0) is 21.3. The van der Waals surface area contributed by atoms with Crippen LogP contribution in [0.2, 0.25) is 0 Å². The topological polar surface area (TPSA) is 104 Å². The molecule has 1 heterocycles. The molecule has 0 radical (unpaired) electrons. The molecule has 0 spiro atoms. The second kappa shape index (κ2) is 10.4. The molecule has 1 aromatic heterocycles. The van der Waals surface area contributed by atoms with Crippen molar-refractivity contribution in [1.29, 1.82) is 0 Å². The van der Waals surface area contributed by atoms with Gasteiger partial charge in [0.2, 0.25) is 11.7 Å². The summed E-state index contributed by atoms with van der Waals surface area (Å²) in [4.78, 5) is 15.4. The van der Waals surface area contributed by atoms with E-state index in [9.17, 15) is 4.79 Å². The van der Waals surface area contributed by atoms with Crippen LogP contribution in [0, 0.1) is 6.92 Å². The number of ether oxygens (including phenoxy) is 3. The molecule has 0 saturated carbocycles. The third-order valence-corrected chi connectivity index (χ3v) is 4.25. The highest BCUT2D eigenvalue weighted by molar-refractivity contribution is 5.72. The Balaban J connectivity index is 1.42. The Bertz CT molecular complexity index is 937. The number of carboxylic acid groups (broad SMARTS) is 1. The van der Waals surface area contributed by atoms with E-state index in [0.717, 1.165) is 11.1 Å². The minimum Gasteiger partial charge on any atom is -0.490 e. The van der Waals surface area contributed by atoms with Crippen molar-refractivity contribution < 1.29 is 28.6 Å². The predicted octanol–water partition coefficient (Wildman–Crippen LogP) is 3.54. The van der Waals surface area contributed by atoms with Gasteiger partial charge in [-0.25, -0.2) is 4.79 Å². The van der Waals surface area contributed by atoms with E-state index in [-0.39, 0.29) is 0 Å². The number of carbonyl (C=O) groups is 1. The molecule has 0 aliphatic heterocycles. The Morgan fingerprint density at radius 1 is 1.03 bits per heavy atom. The molecule has 0 aliphatic rings. The summed E-state index contributed by atoms with van der Waals surface area (Å²) in [5, 5.41) is 13.0. The number of aryl methyl sites for hydroxylation is 1. The molecule has 1 atom stereocenters. The molecule has 2 aromatic carbocycles. The first-order valence-corrected chi connectivity index (χ1v) is 9.65. The van der Waals surface area contributed by atoms with Crippen LogP contribution in [0.5, 0.6) is 11.5 Å². The normalized spacial score (nSPS) is 11.8. The van der Waals surface area contributed by atoms with Gasteiger partial charge in [-0.1, -0.05) is 17.3 Å². The van der Waals surface area contributed by atoms with Gasteiger partial charge in [-0.05, 0) is 48.9 Å². The van der Waals surface area contributed by atoms with Crippen LogP contribution in [0.4, 0.5) is 0 Å². The van der Waals surface area contributed by atoms with Crippen molar-refractivity contribution in [3.8, 4) is 22.9 Å². The molecule has 8 nitrogen and oxygen atoms in total. The number of aliphatic carboxylic acids is 1. The number of nitrogens with zero attached hydrogens (tertiary/aromatic N) is 2. The maximum absolute atomic E-state index is 11.2. The minimum absolute atomic E-state index is 0.311. The van der Waals surface area contributed by atoms with E-state index in [1.165, 1.54) is 0 Å². The summed E-state index contributed by atoms with van der Waals surface area (Å²) in [7, 11) is 0. The van der Waals surface area contributed by atoms with E-state index in [2.05, 4.69) is 10.1 Å². The molecule has 8 heteroatoms. The molecule has 1 unspecified atom stereocenters. The van der Waals surface area contributed by atoms with Crippen LogP contribution in [0.15, 0.2) is 53.1 Å². The Labute approximate surface area is 174 Å². The lowest BCUT2D eigenvalue weighted by Gasteiger charge is -2.13. The summed E-state index contributed by atoms with van der Waals surface area (Å²) in [5.74, 6) is 1.50. The van der Waals surface area contributed by atoms with Crippen molar-refractivity contribution in [3.05, 3.63) is 60.0 Å². The van der Waals surface area contributed by atoms with Crippen molar-refractivity contribution >= 4 is 5.97 Å². The summed E-state index contributed by atoms with van der Waals surface area (Å²) in [6, 6.07) is 14.7. The van der Waals surface area contributed by atoms with Gasteiger partial charge in [0.05, 0.1) is 0 Å². The van der Waals surface area contributed by atoms with Crippen LogP contribution in [-0.2, 0) is 16.0 Å². The Hall–Kier alpha value is -3.39. The molecular formula is C22H24N2O6. The Morgan fingerprint density at radius 3 is 2.13 bits per heavy atom. The number of carboxylic acids is 1. The van der Waals surface area contributed by atoms with Gasteiger partial charge in [-0.2, -0.15) is 4.98 Å². The number of benzene rings is 2. The molecule has 158 valence electrons. The first-order valence-electron chi connectivity index (χ1n) is 9.65. The lowest BCUT2D eigenvalue weighted by molar-refractivity contribution is -0.149. The van der Waals surface area contributed by atoms with E-state index < -0.39 is 12.1 Å². The van der Waals surface area contributed by atoms with Gasteiger partial charge in [0.25, 0.3) is 0 Å². The van der Waals surface area contributed by atoms with E-state index in [0.29, 0.717) is 49.5 Å². The van der Waals surface area contributed by atoms with Crippen LogP contribution < -0.4 is 9.47 Å². The first kappa shape index (κ1) is 21.3. The molecule has 0 aliphatic carbocycles. The van der Waals surface area contributed by atoms with Gasteiger partial charge in [0.1, 0.15) is 24.7 Å². The van der Waals surface area contributed by atoms with E-state index >= 15 is 0 Å². The summed E-state index contributed by atoms with van der Waals surface area (Å²) >= 11 is 0. The molecular weight excluding hydrogens is 388 g/mol. The second-order valence-electron chi connectivity index (χ2n) is 6.49. The monoisotopic (exact) mass is 412 g/mol. The van der Waals surface area contributed by atoms with Gasteiger partial charge in [0.15, 0.2) is 6.10 Å². The summed E-state index contributed by atoms with van der Waals surface area (Å²) in [6.45, 7) is 4.64. The van der Waals surface area contributed by atoms with Crippen LogP contribution in [0.3, 0.4) is 0 Å². The lowest BCUT2D eigenvalue weighted by Crippen LogP contribution is -2.26. The number of hydrogen-bond donors (Lipinski definition) is 1. The molecule has 0 fully saturated rings. The molecule has 0 saturated heterocycles. The molecule has 1 N–H and O–H groups in total. The fourth-order valence-electron chi connectivity index (χ4n) is 2.79. The van der Waals surface area contributed by atoms with Gasteiger partial charge >= 0.3 is 5.97 Å². The largest absolute Gasteiger partial charge is 0.490 e. The van der Waals surface area contributed by atoms with Gasteiger partial charge in [-0.15, -0.1) is 0 Å². The van der Waals surface area contributed by atoms with Crippen molar-refractivity contribution in [2.75, 3.05) is 19.8 Å². The standard InChI is InChI=1S/C22H24N2O6/c1-3-27-20(22(25)26)14-16-4-8-18(9-5-16)28-12-13-29-19-10-6-17(7-11-19)21-23-15(2)30-24-21/h4-11,20H,3,12-14H2,1-2H3,(H,25,26). The highest BCUT2D eigenvalue weighted by atomic mass is 16.5. The Morgan fingerprint density at radius 2 is 1.63 bits per heavy atom. The van der Waals surface area contributed by atoms with E-state index in [1.807, 2.05) is 48.5 Å². The van der Waals surface area contributed by atoms with Gasteiger partial charge < -0.3 is 23.8 Å². The molecule has 0 amide bonds. The summed E-state index contributed by atoms with van der Waals surface area (Å²) in [6.07, 6.45) is -0.530. The maximum Gasteiger partial charge on any atom is 0.333 e. The third-order valence-electron chi connectivity index (χ3n) is 4.25. The van der Waals surface area contributed by atoms with Crippen LogP contribution in [0.1, 0.15) is 18.4 Å². The average Bonchev–Trinajstić information content (AvgIpc) is 3.18. The highest BCUT2D eigenvalue weighted by Crippen LogP contribution is 2.20. The Kier molecular flexibility index (Phi) is 7.40. The third kappa shape index (κ3) is 6.05. The fourth-order valence-corrected chi connectivity index (χ4v) is 2.79. The SMILES string of the molecule is CCOC(Cc1ccc(OCCOc2ccc(-c3noc(C)n3)cc2)cc1)C(=O)O. The molecule has 3 aromatic rings. The fraction of sp³-hybridized carbons (Fsp3) is 0.318. The zero-order valence-corrected chi connectivity index (χ0v) is 16.9. The summed E-state index contributed by atoms with van der Waals surface area (Å²) < 4.78 is 21.6. The molecule has 3 rings (SSSR count). The van der Waals surface area contributed by atoms with Crippen LogP contribution in [0.25, 0.3) is 11.4 Å². The van der Waals surface area contributed by atoms with Crippen molar-refractivity contribution in [1.82, 2.24) is 10.1 Å². The number of hydrogen-bond acceptors (Lipinski definition) is 7. The van der Waals surface area contributed by atoms with E-state index in [1.54, 1.807) is 13.8 Å². The van der Waals surface area contributed by atoms with Crippen LogP contribution >= 0.6 is 0 Å². The summed E-state index contributed by atoms with van der Waals surface area (Å²) in [5.41, 5.74) is 1.72. The first-order chi connectivity index (χ1) is 14.5. The quantitative estimate of drug-likeness (QED) is 0.477. The van der Waals surface area contributed by atoms with Crippen LogP contribution in [-0.4, -0.2) is 47.1 Å². The van der Waals surface area contributed by atoms with E-state index in [4.69, 9.17) is 23.8 Å². The number of aromatic nitrogens is 2. The maximum atomic E-state index is 11.2. The lowest BCUT2D eigenvalue weighted by atomic mass is 10.1. The van der Waals surface area contributed by atoms with Crippen molar-refractivity contribution in [2.45, 2.75) is 26.4 Å². The number of rotatable bonds is 11. The molecule has 0 bridgehead atoms.